The highest BCUT2D eigenvalue weighted by Crippen LogP contribution is 2.32. The van der Waals surface area contributed by atoms with Crippen LogP contribution in [0.1, 0.15) is 11.1 Å². The molecule has 0 fully saturated rings. The number of hydrogen-bond donors (Lipinski definition) is 0. The molecular weight excluding hydrogens is 226 g/mol. The van der Waals surface area contributed by atoms with E-state index in [0.29, 0.717) is 0 Å². The summed E-state index contributed by atoms with van der Waals surface area (Å²) in [6, 6.07) is 19.0. The monoisotopic (exact) mass is 239 g/mol. The maximum absolute atomic E-state index is 2.26. The summed E-state index contributed by atoms with van der Waals surface area (Å²) < 4.78 is 2.26. The van der Waals surface area contributed by atoms with Gasteiger partial charge in [-0.1, -0.05) is 48.5 Å². The zero-order valence-corrected chi connectivity index (χ0v) is 10.2. The minimum absolute atomic E-state index is 0.941. The first-order chi connectivity index (χ1) is 8.42. The van der Waals surface area contributed by atoms with Crippen LogP contribution in [0.15, 0.2) is 65.7 Å². The Labute approximate surface area is 106 Å². The maximum atomic E-state index is 2.26. The Morgan fingerprint density at radius 1 is 0.882 bits per heavy atom. The fourth-order valence-corrected chi connectivity index (χ4v) is 2.84. The molecule has 3 rings (SSSR count). The van der Waals surface area contributed by atoms with Crippen LogP contribution in [0, 0.1) is 0 Å². The van der Waals surface area contributed by atoms with Gasteiger partial charge in [0.1, 0.15) is 0 Å². The highest BCUT2D eigenvalue weighted by molar-refractivity contribution is 7.97. The van der Waals surface area contributed by atoms with Gasteiger partial charge < -0.3 is 4.31 Å². The predicted octanol–water partition coefficient (Wildman–Crippen LogP) is 4.18. The van der Waals surface area contributed by atoms with Crippen molar-refractivity contribution in [1.82, 2.24) is 4.31 Å². The van der Waals surface area contributed by atoms with Crippen LogP contribution in [0.3, 0.4) is 0 Å². The first-order valence-corrected chi connectivity index (χ1v) is 6.45. The largest absolute Gasteiger partial charge is 0.315 e. The third-order valence-electron chi connectivity index (χ3n) is 2.74. The van der Waals surface area contributed by atoms with Crippen molar-refractivity contribution >= 4 is 18.0 Å². The molecule has 17 heavy (non-hydrogen) atoms. The van der Waals surface area contributed by atoms with Crippen molar-refractivity contribution in [2.24, 2.45) is 0 Å². The van der Waals surface area contributed by atoms with Gasteiger partial charge in [0.15, 0.2) is 0 Å². The standard InChI is InChI=1S/C15H13NS/c1-2-6-13(7-3-1)12-16-11-10-14-8-4-5-9-15(14)17-16/h1-11H,12H2. The topological polar surface area (TPSA) is 3.24 Å². The van der Waals surface area contributed by atoms with Gasteiger partial charge in [0.2, 0.25) is 0 Å². The van der Waals surface area contributed by atoms with Crippen molar-refractivity contribution < 1.29 is 0 Å². The maximum Gasteiger partial charge on any atom is 0.0542 e. The average molecular weight is 239 g/mol. The van der Waals surface area contributed by atoms with Gasteiger partial charge >= 0.3 is 0 Å². The Balaban J connectivity index is 1.77. The van der Waals surface area contributed by atoms with Gasteiger partial charge in [-0.3, -0.25) is 0 Å². The molecule has 84 valence electrons. The van der Waals surface area contributed by atoms with Crippen LogP contribution in [-0.2, 0) is 6.54 Å². The molecule has 1 heterocycles. The van der Waals surface area contributed by atoms with E-state index >= 15 is 0 Å². The molecule has 0 radical (unpaired) electrons. The summed E-state index contributed by atoms with van der Waals surface area (Å²) in [5.41, 5.74) is 2.64. The normalized spacial score (nSPS) is 13.5. The van der Waals surface area contributed by atoms with Crippen LogP contribution in [0.25, 0.3) is 6.08 Å². The summed E-state index contributed by atoms with van der Waals surface area (Å²) in [6.07, 6.45) is 4.33. The summed E-state index contributed by atoms with van der Waals surface area (Å²) in [6.45, 7) is 0.941. The van der Waals surface area contributed by atoms with E-state index in [0.717, 1.165) is 6.54 Å². The van der Waals surface area contributed by atoms with Crippen LogP contribution in [-0.4, -0.2) is 4.31 Å². The molecule has 0 aromatic heterocycles. The lowest BCUT2D eigenvalue weighted by molar-refractivity contribution is 0.618. The second-order valence-electron chi connectivity index (χ2n) is 4.01. The summed E-state index contributed by atoms with van der Waals surface area (Å²) in [7, 11) is 0. The molecule has 1 aliphatic heterocycles. The smallest absolute Gasteiger partial charge is 0.0542 e. The molecule has 0 N–H and O–H groups in total. The summed E-state index contributed by atoms with van der Waals surface area (Å²) in [5, 5.41) is 0. The van der Waals surface area contributed by atoms with Crippen LogP contribution >= 0.6 is 11.9 Å². The molecule has 1 nitrogen and oxygen atoms in total. The number of hydrogen-bond acceptors (Lipinski definition) is 2. The van der Waals surface area contributed by atoms with Crippen molar-refractivity contribution in [2.75, 3.05) is 0 Å². The van der Waals surface area contributed by atoms with Gasteiger partial charge in [0.25, 0.3) is 0 Å². The second kappa shape index (κ2) is 4.68. The van der Waals surface area contributed by atoms with E-state index in [1.54, 1.807) is 11.9 Å². The van der Waals surface area contributed by atoms with Crippen molar-refractivity contribution in [1.29, 1.82) is 0 Å². The van der Waals surface area contributed by atoms with Crippen molar-refractivity contribution in [3.63, 3.8) is 0 Å². The van der Waals surface area contributed by atoms with E-state index in [4.69, 9.17) is 0 Å². The van der Waals surface area contributed by atoms with Crippen molar-refractivity contribution in [3.05, 3.63) is 71.9 Å². The number of benzene rings is 2. The molecule has 0 saturated heterocycles. The van der Waals surface area contributed by atoms with Gasteiger partial charge in [-0.15, -0.1) is 0 Å². The van der Waals surface area contributed by atoms with Gasteiger partial charge in [0, 0.05) is 11.1 Å². The first-order valence-electron chi connectivity index (χ1n) is 5.67. The quantitative estimate of drug-likeness (QED) is 0.723. The Kier molecular flexibility index (Phi) is 2.88. The number of nitrogens with zero attached hydrogens (tertiary/aromatic N) is 1. The van der Waals surface area contributed by atoms with Gasteiger partial charge in [0.05, 0.1) is 6.54 Å². The van der Waals surface area contributed by atoms with Crippen LogP contribution in [0.4, 0.5) is 0 Å². The minimum Gasteiger partial charge on any atom is -0.315 e. The SMILES string of the molecule is C1=CN(Cc2ccccc2)Sc2ccccc21. The van der Waals surface area contributed by atoms with Crippen molar-refractivity contribution in [3.8, 4) is 0 Å². The number of rotatable bonds is 2. The molecule has 1 aliphatic rings. The Hall–Kier alpha value is -1.67. The van der Waals surface area contributed by atoms with Crippen LogP contribution < -0.4 is 0 Å². The first kappa shape index (κ1) is 10.5. The molecule has 0 spiro atoms. The molecule has 2 aromatic carbocycles. The van der Waals surface area contributed by atoms with Gasteiger partial charge in [-0.25, -0.2) is 0 Å². The minimum atomic E-state index is 0.941. The van der Waals surface area contributed by atoms with E-state index in [1.165, 1.54) is 16.0 Å². The predicted molar refractivity (Wildman–Crippen MR) is 73.3 cm³/mol. The van der Waals surface area contributed by atoms with Crippen LogP contribution in [0.2, 0.25) is 0 Å². The van der Waals surface area contributed by atoms with Crippen molar-refractivity contribution in [2.45, 2.75) is 11.4 Å². The summed E-state index contributed by atoms with van der Waals surface area (Å²) in [4.78, 5) is 1.32. The summed E-state index contributed by atoms with van der Waals surface area (Å²) in [5.74, 6) is 0. The van der Waals surface area contributed by atoms with E-state index in [1.807, 2.05) is 0 Å². The zero-order chi connectivity index (χ0) is 11.5. The van der Waals surface area contributed by atoms with Gasteiger partial charge in [-0.05, 0) is 35.2 Å². The average Bonchev–Trinajstić information content (AvgIpc) is 2.40. The highest BCUT2D eigenvalue weighted by Gasteiger charge is 2.10. The third kappa shape index (κ3) is 2.37. The second-order valence-corrected chi connectivity index (χ2v) is 5.10. The molecule has 2 aromatic rings. The van der Waals surface area contributed by atoms with Crippen LogP contribution in [0.5, 0.6) is 0 Å². The van der Waals surface area contributed by atoms with Gasteiger partial charge in [-0.2, -0.15) is 0 Å². The molecule has 0 saturated carbocycles. The fourth-order valence-electron chi connectivity index (χ4n) is 1.87. The lowest BCUT2D eigenvalue weighted by Crippen LogP contribution is -2.10. The summed E-state index contributed by atoms with van der Waals surface area (Å²) >= 11 is 1.80. The Morgan fingerprint density at radius 2 is 1.65 bits per heavy atom. The third-order valence-corrected chi connectivity index (χ3v) is 3.79. The molecule has 0 amide bonds. The van der Waals surface area contributed by atoms with E-state index in [9.17, 15) is 0 Å². The van der Waals surface area contributed by atoms with E-state index < -0.39 is 0 Å². The lowest BCUT2D eigenvalue weighted by Gasteiger charge is -2.23. The number of fused-ring (bicyclic) bond motifs is 1. The highest BCUT2D eigenvalue weighted by atomic mass is 32.2. The zero-order valence-electron chi connectivity index (χ0n) is 9.41. The Bertz CT molecular complexity index is 534. The molecular formula is C15H13NS. The molecule has 0 aliphatic carbocycles. The fraction of sp³-hybridized carbons (Fsp3) is 0.0667. The van der Waals surface area contributed by atoms with E-state index in [-0.39, 0.29) is 0 Å². The lowest BCUT2D eigenvalue weighted by atomic mass is 10.2. The molecule has 0 atom stereocenters. The molecule has 0 unspecified atom stereocenters. The molecule has 2 heteroatoms. The Morgan fingerprint density at radius 3 is 2.53 bits per heavy atom. The van der Waals surface area contributed by atoms with E-state index in [2.05, 4.69) is 71.2 Å². The molecule has 0 bridgehead atoms.